The normalized spacial score (nSPS) is 13.3. The van der Waals surface area contributed by atoms with Crippen molar-refractivity contribution in [1.29, 1.82) is 0 Å². The van der Waals surface area contributed by atoms with E-state index in [9.17, 15) is 0 Å². The van der Waals surface area contributed by atoms with Crippen LogP contribution in [-0.4, -0.2) is 64.1 Å². The molecule has 1 aliphatic rings. The number of hydrogen-bond donors (Lipinski definition) is 1. The summed E-state index contributed by atoms with van der Waals surface area (Å²) in [5, 5.41) is 6.28. The van der Waals surface area contributed by atoms with Crippen molar-refractivity contribution in [3.05, 3.63) is 66.6 Å². The van der Waals surface area contributed by atoms with Crippen LogP contribution in [0.1, 0.15) is 11.5 Å². The Morgan fingerprint density at radius 3 is 2.46 bits per heavy atom. The first kappa shape index (κ1) is 22.6. The molecule has 0 radical (unpaired) electrons. The van der Waals surface area contributed by atoms with Gasteiger partial charge in [-0.05, 0) is 25.1 Å². The first-order chi connectivity index (χ1) is 17.0. The van der Waals surface area contributed by atoms with E-state index < -0.39 is 0 Å². The van der Waals surface area contributed by atoms with Crippen LogP contribution in [0.15, 0.2) is 55.1 Å². The van der Waals surface area contributed by atoms with Gasteiger partial charge in [-0.3, -0.25) is 4.98 Å². The highest BCUT2D eigenvalue weighted by molar-refractivity contribution is 5.82. The predicted molar refractivity (Wildman–Crippen MR) is 135 cm³/mol. The van der Waals surface area contributed by atoms with Gasteiger partial charge in [-0.15, -0.1) is 0 Å². The van der Waals surface area contributed by atoms with Crippen molar-refractivity contribution < 1.29 is 9.47 Å². The molecule has 0 saturated carbocycles. The number of aryl methyl sites for hydroxylation is 1. The van der Waals surface area contributed by atoms with Gasteiger partial charge >= 0.3 is 0 Å². The molecule has 0 atom stereocenters. The lowest BCUT2D eigenvalue weighted by molar-refractivity contribution is 0.374. The number of nitrogens with zero attached hydrogens (tertiary/aromatic N) is 7. The van der Waals surface area contributed by atoms with E-state index in [2.05, 4.69) is 37.5 Å². The van der Waals surface area contributed by atoms with E-state index in [1.54, 1.807) is 20.5 Å². The average molecular weight is 473 g/mol. The monoisotopic (exact) mass is 472 g/mol. The fourth-order valence-electron chi connectivity index (χ4n) is 4.11. The Bertz CT molecular complexity index is 1360. The van der Waals surface area contributed by atoms with Gasteiger partial charge in [0, 0.05) is 61.5 Å². The van der Waals surface area contributed by atoms with Gasteiger partial charge in [-0.1, -0.05) is 0 Å². The maximum Gasteiger partial charge on any atom is 0.138 e. The van der Waals surface area contributed by atoms with E-state index in [4.69, 9.17) is 14.5 Å². The number of rotatable bonds is 8. The SMILES string of the molecule is COc1cc(OC)cc(N(CCn2ncnc2C)c2ccc3ncc(C4=CN(C)NC4)nc3c2)c1. The number of aromatic nitrogens is 5. The molecule has 4 aromatic rings. The van der Waals surface area contributed by atoms with E-state index in [1.807, 2.05) is 60.3 Å². The van der Waals surface area contributed by atoms with E-state index in [0.717, 1.165) is 46.0 Å². The van der Waals surface area contributed by atoms with Crippen LogP contribution in [0.3, 0.4) is 0 Å². The van der Waals surface area contributed by atoms with Gasteiger partial charge in [0.25, 0.3) is 0 Å². The summed E-state index contributed by atoms with van der Waals surface area (Å²) in [7, 11) is 5.27. The summed E-state index contributed by atoms with van der Waals surface area (Å²) >= 11 is 0. The van der Waals surface area contributed by atoms with Crippen LogP contribution in [0.2, 0.25) is 0 Å². The predicted octanol–water partition coefficient (Wildman–Crippen LogP) is 3.18. The largest absolute Gasteiger partial charge is 0.497 e. The molecule has 35 heavy (non-hydrogen) atoms. The zero-order valence-electron chi connectivity index (χ0n) is 20.3. The number of anilines is 2. The van der Waals surface area contributed by atoms with Crippen LogP contribution in [0.5, 0.6) is 11.5 Å². The smallest absolute Gasteiger partial charge is 0.138 e. The van der Waals surface area contributed by atoms with E-state index in [-0.39, 0.29) is 0 Å². The third-order valence-electron chi connectivity index (χ3n) is 6.03. The number of hydrogen-bond acceptors (Lipinski definition) is 9. The summed E-state index contributed by atoms with van der Waals surface area (Å²) in [5.74, 6) is 2.30. The van der Waals surface area contributed by atoms with Gasteiger partial charge in [0.1, 0.15) is 23.7 Å². The number of hydrazine groups is 1. The van der Waals surface area contributed by atoms with Gasteiger partial charge in [0.2, 0.25) is 0 Å². The summed E-state index contributed by atoms with van der Waals surface area (Å²) in [6, 6.07) is 12.0. The molecule has 1 N–H and O–H groups in total. The number of nitrogens with one attached hydrogen (secondary N) is 1. The summed E-state index contributed by atoms with van der Waals surface area (Å²) in [6.07, 6.45) is 5.44. The summed E-state index contributed by atoms with van der Waals surface area (Å²) in [6.45, 7) is 3.98. The van der Waals surface area contributed by atoms with Gasteiger partial charge < -0.3 is 19.4 Å². The summed E-state index contributed by atoms with van der Waals surface area (Å²) in [5.41, 5.74) is 8.79. The Morgan fingerprint density at radius 2 is 1.80 bits per heavy atom. The molecule has 3 heterocycles. The zero-order valence-corrected chi connectivity index (χ0v) is 20.3. The molecule has 5 rings (SSSR count). The minimum absolute atomic E-state index is 0.652. The second-order valence-electron chi connectivity index (χ2n) is 8.28. The standard InChI is InChI=1S/C25H28N8O2/c1-17-27-16-29-33(17)8-7-32(20-9-21(34-3)12-22(10-20)35-4)19-5-6-23-24(11-19)30-25(14-26-23)18-13-28-31(2)15-18/h5-6,9-12,14-16,28H,7-8,13H2,1-4H3. The minimum atomic E-state index is 0.652. The molecular weight excluding hydrogens is 444 g/mol. The highest BCUT2D eigenvalue weighted by atomic mass is 16.5. The number of ether oxygens (including phenoxy) is 2. The quantitative estimate of drug-likeness (QED) is 0.415. The summed E-state index contributed by atoms with van der Waals surface area (Å²) in [4.78, 5) is 16.0. The van der Waals surface area contributed by atoms with Crippen LogP contribution < -0.4 is 19.8 Å². The third kappa shape index (κ3) is 4.73. The van der Waals surface area contributed by atoms with E-state index in [0.29, 0.717) is 24.6 Å². The highest BCUT2D eigenvalue weighted by Crippen LogP contribution is 2.34. The molecule has 1 aliphatic heterocycles. The minimum Gasteiger partial charge on any atom is -0.497 e. The van der Waals surface area contributed by atoms with Crippen molar-refractivity contribution in [2.45, 2.75) is 13.5 Å². The topological polar surface area (TPSA) is 93.5 Å². The van der Waals surface area contributed by atoms with Crippen LogP contribution in [0.25, 0.3) is 16.6 Å². The second-order valence-corrected chi connectivity index (χ2v) is 8.28. The van der Waals surface area contributed by atoms with Crippen LogP contribution in [0.4, 0.5) is 11.4 Å². The number of benzene rings is 2. The molecule has 0 bridgehead atoms. The van der Waals surface area contributed by atoms with Crippen LogP contribution in [-0.2, 0) is 6.54 Å². The van der Waals surface area contributed by atoms with E-state index in [1.165, 1.54) is 0 Å². The Morgan fingerprint density at radius 1 is 1.00 bits per heavy atom. The van der Waals surface area contributed by atoms with Crippen molar-refractivity contribution in [2.24, 2.45) is 0 Å². The average Bonchev–Trinajstić information content (AvgIpc) is 3.51. The Hall–Kier alpha value is -4.18. The van der Waals surface area contributed by atoms with Crippen molar-refractivity contribution in [3.63, 3.8) is 0 Å². The first-order valence-electron chi connectivity index (χ1n) is 11.3. The van der Waals surface area contributed by atoms with E-state index >= 15 is 0 Å². The molecule has 2 aromatic heterocycles. The number of methoxy groups -OCH3 is 2. The van der Waals surface area contributed by atoms with Crippen LogP contribution in [0, 0.1) is 6.92 Å². The molecule has 0 fully saturated rings. The summed E-state index contributed by atoms with van der Waals surface area (Å²) < 4.78 is 13.0. The Balaban J connectivity index is 1.56. The molecule has 10 heteroatoms. The van der Waals surface area contributed by atoms with Gasteiger partial charge in [-0.2, -0.15) is 5.10 Å². The molecule has 180 valence electrons. The number of fused-ring (bicyclic) bond motifs is 1. The first-order valence-corrected chi connectivity index (χ1v) is 11.3. The molecule has 0 aliphatic carbocycles. The fourth-order valence-corrected chi connectivity index (χ4v) is 4.11. The molecule has 0 amide bonds. The molecule has 0 unspecified atom stereocenters. The van der Waals surface area contributed by atoms with Crippen molar-refractivity contribution in [1.82, 2.24) is 35.2 Å². The lowest BCUT2D eigenvalue weighted by Gasteiger charge is -2.26. The molecule has 0 saturated heterocycles. The molecule has 2 aromatic carbocycles. The second kappa shape index (κ2) is 9.59. The zero-order chi connectivity index (χ0) is 24.4. The molecule has 0 spiro atoms. The van der Waals surface area contributed by atoms with Crippen molar-refractivity contribution in [3.8, 4) is 11.5 Å². The lowest BCUT2D eigenvalue weighted by Crippen LogP contribution is -2.24. The Kier molecular flexibility index (Phi) is 6.19. The maximum atomic E-state index is 5.53. The molecule has 10 nitrogen and oxygen atoms in total. The third-order valence-corrected chi connectivity index (χ3v) is 6.03. The highest BCUT2D eigenvalue weighted by Gasteiger charge is 2.16. The molecular formula is C25H28N8O2. The van der Waals surface area contributed by atoms with Gasteiger partial charge in [0.05, 0.1) is 43.7 Å². The fraction of sp³-hybridized carbons (Fsp3) is 0.280. The van der Waals surface area contributed by atoms with Crippen LogP contribution >= 0.6 is 0 Å². The van der Waals surface area contributed by atoms with Gasteiger partial charge in [0.15, 0.2) is 0 Å². The van der Waals surface area contributed by atoms with Gasteiger partial charge in [-0.25, -0.2) is 20.1 Å². The maximum absolute atomic E-state index is 5.53. The Labute approximate surface area is 203 Å². The van der Waals surface area contributed by atoms with Crippen molar-refractivity contribution in [2.75, 3.05) is 39.3 Å². The van der Waals surface area contributed by atoms with Crippen molar-refractivity contribution >= 4 is 28.0 Å². The lowest BCUT2D eigenvalue weighted by atomic mass is 10.1.